The standard InChI is InChI=1S/C17H34/c1-7-8-9-16(13(2)3)15-10-14(4)11-17(5,6)12-15/h13-16H,7-12H2,1-6H3. The lowest BCUT2D eigenvalue weighted by Crippen LogP contribution is -2.33. The molecule has 0 saturated heterocycles. The summed E-state index contributed by atoms with van der Waals surface area (Å²) in [5.41, 5.74) is 0.585. The Morgan fingerprint density at radius 1 is 1.18 bits per heavy atom. The lowest BCUT2D eigenvalue weighted by Gasteiger charge is -2.43. The monoisotopic (exact) mass is 238 g/mol. The van der Waals surface area contributed by atoms with Crippen LogP contribution in [0.2, 0.25) is 0 Å². The molecule has 0 heteroatoms. The third kappa shape index (κ3) is 4.64. The van der Waals surface area contributed by atoms with Crippen LogP contribution >= 0.6 is 0 Å². The van der Waals surface area contributed by atoms with Gasteiger partial charge in [-0.15, -0.1) is 0 Å². The van der Waals surface area contributed by atoms with Crippen molar-refractivity contribution in [3.63, 3.8) is 0 Å². The molecule has 1 saturated carbocycles. The molecule has 102 valence electrons. The van der Waals surface area contributed by atoms with Gasteiger partial charge in [-0.1, -0.05) is 54.4 Å². The largest absolute Gasteiger partial charge is 0.0654 e. The first-order valence-corrected chi connectivity index (χ1v) is 7.85. The predicted molar refractivity (Wildman–Crippen MR) is 78.1 cm³/mol. The van der Waals surface area contributed by atoms with Gasteiger partial charge in [-0.25, -0.2) is 0 Å². The number of rotatable bonds is 5. The predicted octanol–water partition coefficient (Wildman–Crippen LogP) is 5.91. The van der Waals surface area contributed by atoms with E-state index in [1.807, 2.05) is 0 Å². The van der Waals surface area contributed by atoms with Gasteiger partial charge in [-0.2, -0.15) is 0 Å². The highest BCUT2D eigenvalue weighted by Gasteiger charge is 2.36. The smallest absolute Gasteiger partial charge is 0.0349 e. The van der Waals surface area contributed by atoms with Crippen molar-refractivity contribution in [2.75, 3.05) is 0 Å². The number of unbranched alkanes of at least 4 members (excludes halogenated alkanes) is 1. The van der Waals surface area contributed by atoms with Crippen molar-refractivity contribution in [3.8, 4) is 0 Å². The molecule has 0 aliphatic heterocycles. The molecule has 0 amide bonds. The first-order chi connectivity index (χ1) is 7.85. The van der Waals surface area contributed by atoms with Crippen LogP contribution in [0.3, 0.4) is 0 Å². The SMILES string of the molecule is CCCCC(C(C)C)C1CC(C)CC(C)(C)C1. The summed E-state index contributed by atoms with van der Waals surface area (Å²) >= 11 is 0. The maximum Gasteiger partial charge on any atom is -0.0349 e. The normalized spacial score (nSPS) is 30.5. The Morgan fingerprint density at radius 2 is 1.82 bits per heavy atom. The minimum absolute atomic E-state index is 0.585. The molecule has 1 rings (SSSR count). The third-order valence-electron chi connectivity index (χ3n) is 4.77. The van der Waals surface area contributed by atoms with E-state index in [9.17, 15) is 0 Å². The molecule has 0 aromatic rings. The topological polar surface area (TPSA) is 0 Å². The van der Waals surface area contributed by atoms with Gasteiger partial charge in [0, 0.05) is 0 Å². The van der Waals surface area contributed by atoms with Crippen molar-refractivity contribution in [2.24, 2.45) is 29.1 Å². The molecule has 1 aliphatic carbocycles. The Bertz CT molecular complexity index is 214. The molecule has 3 atom stereocenters. The lowest BCUT2D eigenvalue weighted by atomic mass is 9.62. The van der Waals surface area contributed by atoms with E-state index in [1.54, 1.807) is 0 Å². The molecule has 0 aromatic carbocycles. The molecular formula is C17H34. The second-order valence-electron chi connectivity index (χ2n) is 7.72. The molecule has 0 bridgehead atoms. The number of hydrogen-bond donors (Lipinski definition) is 0. The molecule has 0 spiro atoms. The van der Waals surface area contributed by atoms with Crippen LogP contribution < -0.4 is 0 Å². The Labute approximate surface area is 110 Å². The van der Waals surface area contributed by atoms with Gasteiger partial charge < -0.3 is 0 Å². The molecule has 1 fully saturated rings. The van der Waals surface area contributed by atoms with Gasteiger partial charge in [-0.3, -0.25) is 0 Å². The van der Waals surface area contributed by atoms with E-state index in [0.29, 0.717) is 5.41 Å². The molecular weight excluding hydrogens is 204 g/mol. The van der Waals surface area contributed by atoms with Crippen molar-refractivity contribution < 1.29 is 0 Å². The molecule has 1 aliphatic rings. The van der Waals surface area contributed by atoms with E-state index in [4.69, 9.17) is 0 Å². The van der Waals surface area contributed by atoms with Gasteiger partial charge in [-0.05, 0) is 54.8 Å². The summed E-state index contributed by atoms with van der Waals surface area (Å²) in [7, 11) is 0. The Balaban J connectivity index is 2.66. The fraction of sp³-hybridized carbons (Fsp3) is 1.00. The van der Waals surface area contributed by atoms with Crippen LogP contribution in [-0.4, -0.2) is 0 Å². The quantitative estimate of drug-likeness (QED) is 0.558. The van der Waals surface area contributed by atoms with Gasteiger partial charge in [0.25, 0.3) is 0 Å². The highest BCUT2D eigenvalue weighted by Crippen LogP contribution is 2.46. The summed E-state index contributed by atoms with van der Waals surface area (Å²) < 4.78 is 0. The third-order valence-corrected chi connectivity index (χ3v) is 4.77. The van der Waals surface area contributed by atoms with E-state index < -0.39 is 0 Å². The lowest BCUT2D eigenvalue weighted by molar-refractivity contribution is 0.0718. The molecule has 3 unspecified atom stereocenters. The summed E-state index contributed by atoms with van der Waals surface area (Å²) in [4.78, 5) is 0. The maximum atomic E-state index is 2.48. The highest BCUT2D eigenvalue weighted by molar-refractivity contribution is 4.86. The first-order valence-electron chi connectivity index (χ1n) is 7.85. The first kappa shape index (κ1) is 15.1. The Hall–Kier alpha value is 0. The number of hydrogen-bond acceptors (Lipinski definition) is 0. The molecule has 0 heterocycles. The van der Waals surface area contributed by atoms with Crippen LogP contribution in [0.1, 0.15) is 80.1 Å². The molecule has 0 aromatic heterocycles. The van der Waals surface area contributed by atoms with Crippen LogP contribution in [0.15, 0.2) is 0 Å². The van der Waals surface area contributed by atoms with Crippen LogP contribution in [0.25, 0.3) is 0 Å². The zero-order valence-corrected chi connectivity index (χ0v) is 13.1. The van der Waals surface area contributed by atoms with Crippen LogP contribution in [0, 0.1) is 29.1 Å². The summed E-state index contributed by atoms with van der Waals surface area (Å²) in [5, 5.41) is 0. The van der Waals surface area contributed by atoms with E-state index in [1.165, 1.54) is 38.5 Å². The molecule has 17 heavy (non-hydrogen) atoms. The minimum Gasteiger partial charge on any atom is -0.0654 e. The summed E-state index contributed by atoms with van der Waals surface area (Å²) in [5.74, 6) is 3.76. The fourth-order valence-electron chi connectivity index (χ4n) is 4.30. The van der Waals surface area contributed by atoms with Crippen molar-refractivity contribution >= 4 is 0 Å². The summed E-state index contributed by atoms with van der Waals surface area (Å²) in [6.07, 6.45) is 8.62. The summed E-state index contributed by atoms with van der Waals surface area (Å²) in [6, 6.07) is 0. The average Bonchev–Trinajstić information content (AvgIpc) is 2.14. The molecule has 0 nitrogen and oxygen atoms in total. The van der Waals surface area contributed by atoms with Gasteiger partial charge >= 0.3 is 0 Å². The zero-order valence-electron chi connectivity index (χ0n) is 13.1. The van der Waals surface area contributed by atoms with Crippen LogP contribution in [0.5, 0.6) is 0 Å². The Kier molecular flexibility index (Phi) is 5.54. The van der Waals surface area contributed by atoms with Gasteiger partial charge in [0.1, 0.15) is 0 Å². The van der Waals surface area contributed by atoms with Gasteiger partial charge in [0.15, 0.2) is 0 Å². The van der Waals surface area contributed by atoms with Gasteiger partial charge in [0.2, 0.25) is 0 Å². The second-order valence-corrected chi connectivity index (χ2v) is 7.72. The van der Waals surface area contributed by atoms with Crippen LogP contribution in [-0.2, 0) is 0 Å². The van der Waals surface area contributed by atoms with E-state index in [0.717, 1.165) is 23.7 Å². The minimum atomic E-state index is 0.585. The van der Waals surface area contributed by atoms with Crippen molar-refractivity contribution in [3.05, 3.63) is 0 Å². The van der Waals surface area contributed by atoms with E-state index in [-0.39, 0.29) is 0 Å². The average molecular weight is 238 g/mol. The highest BCUT2D eigenvalue weighted by atomic mass is 14.4. The van der Waals surface area contributed by atoms with E-state index >= 15 is 0 Å². The Morgan fingerprint density at radius 3 is 2.29 bits per heavy atom. The van der Waals surface area contributed by atoms with Crippen LogP contribution in [0.4, 0.5) is 0 Å². The molecule has 0 N–H and O–H groups in total. The van der Waals surface area contributed by atoms with Gasteiger partial charge in [0.05, 0.1) is 0 Å². The maximum absolute atomic E-state index is 2.48. The van der Waals surface area contributed by atoms with E-state index in [2.05, 4.69) is 41.5 Å². The second kappa shape index (κ2) is 6.25. The van der Waals surface area contributed by atoms with Crippen molar-refractivity contribution in [1.82, 2.24) is 0 Å². The zero-order chi connectivity index (χ0) is 13.1. The molecule has 0 radical (unpaired) electrons. The fourth-order valence-corrected chi connectivity index (χ4v) is 4.30. The van der Waals surface area contributed by atoms with Crippen molar-refractivity contribution in [2.45, 2.75) is 80.1 Å². The summed E-state index contributed by atoms with van der Waals surface area (Å²) in [6.45, 7) is 14.6. The van der Waals surface area contributed by atoms with Crippen molar-refractivity contribution in [1.29, 1.82) is 0 Å².